The number of imidazole rings is 1. The third-order valence-electron chi connectivity index (χ3n) is 3.53. The van der Waals surface area contributed by atoms with Gasteiger partial charge in [-0.3, -0.25) is 10.1 Å². The number of amides is 1. The minimum Gasteiger partial charge on any atom is -0.354 e. The number of hydrogen-bond acceptors (Lipinski definition) is 3. The van der Waals surface area contributed by atoms with Crippen molar-refractivity contribution in [1.29, 1.82) is 0 Å². The smallest absolute Gasteiger partial charge is 0.262 e. The molecule has 0 spiro atoms. The van der Waals surface area contributed by atoms with Crippen molar-refractivity contribution in [3.8, 4) is 0 Å². The quantitative estimate of drug-likeness (QED) is 0.775. The van der Waals surface area contributed by atoms with Crippen LogP contribution in [0.4, 0.5) is 8.78 Å². The Morgan fingerprint density at radius 3 is 2.74 bits per heavy atom. The molecule has 9 heteroatoms. The van der Waals surface area contributed by atoms with Crippen molar-refractivity contribution in [2.24, 2.45) is 0 Å². The van der Waals surface area contributed by atoms with Crippen molar-refractivity contribution in [2.75, 3.05) is 13.1 Å². The lowest BCUT2D eigenvalue weighted by atomic mass is 10.2. The first-order chi connectivity index (χ1) is 10.0. The number of halogens is 4. The highest BCUT2D eigenvalue weighted by Gasteiger charge is 2.42. The standard InChI is InChI=1S/C14H16F2N4O.2ClH/c15-14(16)7-11(18-8-14)13(21)17-6-5-12-19-9-3-1-2-4-10(9)20-12;;/h1-4,11,18H,5-8H2,(H,17,21)(H,19,20);2*1H. The normalized spacial score (nSPS) is 19.0. The molecule has 3 N–H and O–H groups in total. The second kappa shape index (κ2) is 7.90. The van der Waals surface area contributed by atoms with Crippen LogP contribution in [0.2, 0.25) is 0 Å². The first kappa shape index (κ1) is 19.6. The summed E-state index contributed by atoms with van der Waals surface area (Å²) in [4.78, 5) is 19.3. The van der Waals surface area contributed by atoms with Crippen LogP contribution >= 0.6 is 24.8 Å². The van der Waals surface area contributed by atoms with E-state index >= 15 is 0 Å². The van der Waals surface area contributed by atoms with Gasteiger partial charge >= 0.3 is 0 Å². The SMILES string of the molecule is Cl.Cl.O=C(NCCc1nc2ccccc2[nH]1)C1CC(F)(F)CN1. The number of carbonyl (C=O) groups excluding carboxylic acids is 1. The summed E-state index contributed by atoms with van der Waals surface area (Å²) >= 11 is 0. The predicted molar refractivity (Wildman–Crippen MR) is 88.7 cm³/mol. The van der Waals surface area contributed by atoms with Gasteiger partial charge in [0.1, 0.15) is 5.82 Å². The Bertz CT molecular complexity index is 632. The van der Waals surface area contributed by atoms with Gasteiger partial charge in [-0.1, -0.05) is 12.1 Å². The van der Waals surface area contributed by atoms with Gasteiger partial charge < -0.3 is 10.3 Å². The molecule has 1 aromatic heterocycles. The average Bonchev–Trinajstić information content (AvgIpc) is 3.01. The largest absolute Gasteiger partial charge is 0.354 e. The van der Waals surface area contributed by atoms with E-state index < -0.39 is 24.9 Å². The molecule has 0 saturated carbocycles. The van der Waals surface area contributed by atoms with Crippen LogP contribution in [0.25, 0.3) is 11.0 Å². The Hall–Kier alpha value is -1.44. The maximum atomic E-state index is 13.0. The number of nitrogens with one attached hydrogen (secondary N) is 3. The summed E-state index contributed by atoms with van der Waals surface area (Å²) in [6.07, 6.45) is 0.0903. The van der Waals surface area contributed by atoms with Gasteiger partial charge in [-0.2, -0.15) is 0 Å². The van der Waals surface area contributed by atoms with E-state index in [-0.39, 0.29) is 30.7 Å². The van der Waals surface area contributed by atoms with Crippen LogP contribution in [-0.4, -0.2) is 40.9 Å². The lowest BCUT2D eigenvalue weighted by Gasteiger charge is -2.10. The zero-order chi connectivity index (χ0) is 14.9. The molecule has 2 heterocycles. The number of para-hydroxylation sites is 2. The Morgan fingerprint density at radius 2 is 2.09 bits per heavy atom. The van der Waals surface area contributed by atoms with Crippen molar-refractivity contribution in [1.82, 2.24) is 20.6 Å². The first-order valence-corrected chi connectivity index (χ1v) is 6.86. The lowest BCUT2D eigenvalue weighted by molar-refractivity contribution is -0.123. The zero-order valence-electron chi connectivity index (χ0n) is 12.1. The molecule has 1 aliphatic heterocycles. The van der Waals surface area contributed by atoms with E-state index in [0.717, 1.165) is 16.9 Å². The number of carbonyl (C=O) groups is 1. The summed E-state index contributed by atoms with van der Waals surface area (Å²) in [5.74, 6) is -2.41. The van der Waals surface area contributed by atoms with Gasteiger partial charge in [0.05, 0.1) is 23.6 Å². The molecule has 0 radical (unpaired) electrons. The van der Waals surface area contributed by atoms with E-state index in [9.17, 15) is 13.6 Å². The van der Waals surface area contributed by atoms with Crippen LogP contribution in [0.1, 0.15) is 12.2 Å². The maximum absolute atomic E-state index is 13.0. The van der Waals surface area contributed by atoms with Gasteiger partial charge in [-0.25, -0.2) is 13.8 Å². The molecule has 0 aliphatic carbocycles. The summed E-state index contributed by atoms with van der Waals surface area (Å²) in [6.45, 7) is -0.0724. The molecule has 1 aromatic carbocycles. The van der Waals surface area contributed by atoms with Crippen LogP contribution in [-0.2, 0) is 11.2 Å². The fourth-order valence-corrected chi connectivity index (χ4v) is 2.45. The Balaban J connectivity index is 0.00000132. The van der Waals surface area contributed by atoms with Crippen LogP contribution in [0.3, 0.4) is 0 Å². The molecule has 3 rings (SSSR count). The molecule has 23 heavy (non-hydrogen) atoms. The van der Waals surface area contributed by atoms with Crippen LogP contribution in [0.5, 0.6) is 0 Å². The molecule has 1 saturated heterocycles. The molecule has 1 unspecified atom stereocenters. The zero-order valence-corrected chi connectivity index (χ0v) is 13.8. The monoisotopic (exact) mass is 366 g/mol. The molecular formula is C14H18Cl2F2N4O. The lowest BCUT2D eigenvalue weighted by Crippen LogP contribution is -2.41. The van der Waals surface area contributed by atoms with E-state index in [4.69, 9.17) is 0 Å². The van der Waals surface area contributed by atoms with Crippen molar-refractivity contribution in [3.63, 3.8) is 0 Å². The molecule has 128 valence electrons. The molecule has 1 aliphatic rings. The van der Waals surface area contributed by atoms with Crippen molar-refractivity contribution in [3.05, 3.63) is 30.1 Å². The molecule has 1 atom stereocenters. The summed E-state index contributed by atoms with van der Waals surface area (Å²) in [6, 6.07) is 6.84. The van der Waals surface area contributed by atoms with E-state index in [0.29, 0.717) is 13.0 Å². The third-order valence-corrected chi connectivity index (χ3v) is 3.53. The second-order valence-electron chi connectivity index (χ2n) is 5.24. The van der Waals surface area contributed by atoms with Gasteiger partial charge in [0.2, 0.25) is 5.91 Å². The molecule has 1 amide bonds. The first-order valence-electron chi connectivity index (χ1n) is 6.86. The fraction of sp³-hybridized carbons (Fsp3) is 0.429. The van der Waals surface area contributed by atoms with Gasteiger partial charge in [-0.05, 0) is 12.1 Å². The second-order valence-corrected chi connectivity index (χ2v) is 5.24. The van der Waals surface area contributed by atoms with Crippen LogP contribution in [0.15, 0.2) is 24.3 Å². The Morgan fingerprint density at radius 1 is 1.35 bits per heavy atom. The van der Waals surface area contributed by atoms with Gasteiger partial charge in [0.15, 0.2) is 0 Å². The van der Waals surface area contributed by atoms with Gasteiger partial charge in [0, 0.05) is 19.4 Å². The van der Waals surface area contributed by atoms with Crippen molar-refractivity contribution in [2.45, 2.75) is 24.8 Å². The summed E-state index contributed by atoms with van der Waals surface area (Å²) in [5, 5.41) is 5.19. The number of aromatic amines is 1. The predicted octanol–water partition coefficient (Wildman–Crippen LogP) is 2.06. The summed E-state index contributed by atoms with van der Waals surface area (Å²) in [5.41, 5.74) is 1.81. The number of alkyl halides is 2. The fourth-order valence-electron chi connectivity index (χ4n) is 2.45. The Kier molecular flexibility index (Phi) is 6.73. The van der Waals surface area contributed by atoms with Crippen LogP contribution in [0, 0.1) is 0 Å². The van der Waals surface area contributed by atoms with E-state index in [1.807, 2.05) is 24.3 Å². The van der Waals surface area contributed by atoms with E-state index in [1.165, 1.54) is 0 Å². The number of rotatable bonds is 4. The molecule has 5 nitrogen and oxygen atoms in total. The van der Waals surface area contributed by atoms with E-state index in [1.54, 1.807) is 0 Å². The van der Waals surface area contributed by atoms with Gasteiger partial charge in [0.25, 0.3) is 5.92 Å². The third kappa shape index (κ3) is 4.76. The summed E-state index contributed by atoms with van der Waals surface area (Å²) in [7, 11) is 0. The number of aromatic nitrogens is 2. The van der Waals surface area contributed by atoms with Crippen molar-refractivity contribution >= 4 is 41.8 Å². The highest BCUT2D eigenvalue weighted by molar-refractivity contribution is 5.85. The highest BCUT2D eigenvalue weighted by atomic mass is 35.5. The number of fused-ring (bicyclic) bond motifs is 1. The number of benzene rings is 1. The molecule has 1 fully saturated rings. The van der Waals surface area contributed by atoms with E-state index in [2.05, 4.69) is 20.6 Å². The highest BCUT2D eigenvalue weighted by Crippen LogP contribution is 2.24. The topological polar surface area (TPSA) is 69.8 Å². The van der Waals surface area contributed by atoms with Crippen molar-refractivity contribution < 1.29 is 13.6 Å². The number of H-pyrrole nitrogens is 1. The number of hydrogen-bond donors (Lipinski definition) is 3. The maximum Gasteiger partial charge on any atom is 0.262 e. The summed E-state index contributed by atoms with van der Waals surface area (Å²) < 4.78 is 26.0. The molecule has 0 bridgehead atoms. The number of nitrogens with zero attached hydrogens (tertiary/aromatic N) is 1. The minimum atomic E-state index is -2.79. The Labute approximate surface area is 144 Å². The molecular weight excluding hydrogens is 349 g/mol. The van der Waals surface area contributed by atoms with Crippen LogP contribution < -0.4 is 10.6 Å². The average molecular weight is 367 g/mol. The van der Waals surface area contributed by atoms with Gasteiger partial charge in [-0.15, -0.1) is 24.8 Å². The minimum absolute atomic E-state index is 0. The molecule has 2 aromatic rings.